The van der Waals surface area contributed by atoms with Gasteiger partial charge in [-0.3, -0.25) is 19.7 Å². The van der Waals surface area contributed by atoms with E-state index in [1.807, 2.05) is 6.07 Å². The second kappa shape index (κ2) is 4.42. The third kappa shape index (κ3) is 1.89. The fourth-order valence-electron chi connectivity index (χ4n) is 2.77. The molecular weight excluding hydrogens is 258 g/mol. The maximum absolute atomic E-state index is 12.2. The minimum atomic E-state index is -0.956. The zero-order chi connectivity index (χ0) is 14.3. The Bertz CT molecular complexity index is 579. The maximum Gasteiger partial charge on any atom is 0.252 e. The van der Waals surface area contributed by atoms with Crippen molar-refractivity contribution in [3.8, 4) is 0 Å². The molecule has 0 unspecified atom stereocenters. The van der Waals surface area contributed by atoms with Crippen LogP contribution in [0.25, 0.3) is 0 Å². The number of nitrogens with two attached hydrogens (primary N) is 1. The van der Waals surface area contributed by atoms with E-state index in [2.05, 4.69) is 10.6 Å². The summed E-state index contributed by atoms with van der Waals surface area (Å²) in [5.41, 5.74) is 5.62. The van der Waals surface area contributed by atoms with Crippen molar-refractivity contribution in [2.45, 2.75) is 24.4 Å². The molecule has 6 nitrogen and oxygen atoms in total. The molecule has 6 heteroatoms. The summed E-state index contributed by atoms with van der Waals surface area (Å²) in [5.74, 6) is -1.27. The number of carbonyl (C=O) groups is 3. The molecule has 1 aromatic rings. The molecule has 3 aliphatic rings. The van der Waals surface area contributed by atoms with E-state index in [4.69, 9.17) is 5.73 Å². The quantitative estimate of drug-likeness (QED) is 0.653. The van der Waals surface area contributed by atoms with Gasteiger partial charge in [0.1, 0.15) is 11.6 Å². The van der Waals surface area contributed by atoms with Crippen molar-refractivity contribution < 1.29 is 14.4 Å². The number of piperidine rings is 2. The van der Waals surface area contributed by atoms with Crippen molar-refractivity contribution >= 4 is 17.7 Å². The van der Waals surface area contributed by atoms with E-state index < -0.39 is 23.4 Å². The molecule has 2 heterocycles. The summed E-state index contributed by atoms with van der Waals surface area (Å²) in [6.07, 6.45) is 0.732. The van der Waals surface area contributed by atoms with Gasteiger partial charge in [-0.2, -0.15) is 0 Å². The lowest BCUT2D eigenvalue weighted by Crippen LogP contribution is -2.73. The van der Waals surface area contributed by atoms with Gasteiger partial charge in [0.2, 0.25) is 11.8 Å². The van der Waals surface area contributed by atoms with Crippen molar-refractivity contribution in [3.63, 3.8) is 0 Å². The van der Waals surface area contributed by atoms with Gasteiger partial charge in [-0.05, 0) is 18.4 Å². The first kappa shape index (κ1) is 12.8. The van der Waals surface area contributed by atoms with E-state index in [1.54, 1.807) is 24.3 Å². The third-order valence-corrected chi connectivity index (χ3v) is 4.04. The Morgan fingerprint density at radius 1 is 1.30 bits per heavy atom. The van der Waals surface area contributed by atoms with E-state index in [0.717, 1.165) is 0 Å². The molecule has 2 saturated heterocycles. The number of carbonyl (C=O) groups excluding carboxylic acids is 3. The number of rotatable bonds is 3. The lowest BCUT2D eigenvalue weighted by molar-refractivity contribution is -0.155. The second-order valence-corrected chi connectivity index (χ2v) is 5.38. The van der Waals surface area contributed by atoms with Gasteiger partial charge in [-0.15, -0.1) is 0 Å². The number of fused-ring (bicyclic) bond motifs is 2. The Kier molecular flexibility index (Phi) is 2.83. The van der Waals surface area contributed by atoms with Gasteiger partial charge in [0.15, 0.2) is 0 Å². The van der Waals surface area contributed by atoms with Crippen LogP contribution in [0.1, 0.15) is 24.4 Å². The standard InChI is InChI=1S/C14H15N3O3/c15-10(8-4-2-1-3-5-8)12(19)17-14-6-9(7-14)11(18)16-13(14)20/h1-5,9-10H,6-7,15H2,(H,17,19)(H,16,18,20)/t9?,10-,14?/m0/s1. The highest BCUT2D eigenvalue weighted by molar-refractivity contribution is 6.08. The molecule has 1 aromatic carbocycles. The van der Waals surface area contributed by atoms with Crippen molar-refractivity contribution in [3.05, 3.63) is 35.9 Å². The molecule has 0 radical (unpaired) electrons. The highest BCUT2D eigenvalue weighted by Gasteiger charge is 2.58. The summed E-state index contributed by atoms with van der Waals surface area (Å²) in [6.45, 7) is 0. The van der Waals surface area contributed by atoms with E-state index >= 15 is 0 Å². The Labute approximate surface area is 115 Å². The van der Waals surface area contributed by atoms with Crippen LogP contribution in [-0.2, 0) is 14.4 Å². The molecule has 4 rings (SSSR count). The second-order valence-electron chi connectivity index (χ2n) is 5.38. The zero-order valence-electron chi connectivity index (χ0n) is 10.8. The topological polar surface area (TPSA) is 101 Å². The zero-order valence-corrected chi connectivity index (χ0v) is 10.8. The van der Waals surface area contributed by atoms with Crippen LogP contribution in [-0.4, -0.2) is 23.3 Å². The number of hydrogen-bond donors (Lipinski definition) is 3. The lowest BCUT2D eigenvalue weighted by atomic mass is 9.64. The number of amides is 3. The fraction of sp³-hybridized carbons (Fsp3) is 0.357. The van der Waals surface area contributed by atoms with Gasteiger partial charge in [0, 0.05) is 5.92 Å². The van der Waals surface area contributed by atoms with Crippen LogP contribution in [0.3, 0.4) is 0 Å². The first-order valence-corrected chi connectivity index (χ1v) is 6.50. The summed E-state index contributed by atoms with van der Waals surface area (Å²) in [5, 5.41) is 4.97. The molecule has 104 valence electrons. The van der Waals surface area contributed by atoms with Gasteiger partial charge in [0.05, 0.1) is 0 Å². The molecule has 2 bridgehead atoms. The van der Waals surface area contributed by atoms with Gasteiger partial charge < -0.3 is 11.1 Å². The Morgan fingerprint density at radius 3 is 2.55 bits per heavy atom. The molecular formula is C14H15N3O3. The smallest absolute Gasteiger partial charge is 0.252 e. The Hall–Kier alpha value is -2.21. The molecule has 1 aliphatic carbocycles. The van der Waals surface area contributed by atoms with E-state index in [1.165, 1.54) is 0 Å². The summed E-state index contributed by atoms with van der Waals surface area (Å²) in [7, 11) is 0. The van der Waals surface area contributed by atoms with Crippen LogP contribution < -0.4 is 16.4 Å². The fourth-order valence-corrected chi connectivity index (χ4v) is 2.77. The lowest BCUT2D eigenvalue weighted by Gasteiger charge is -2.49. The minimum Gasteiger partial charge on any atom is -0.340 e. The number of hydrogen-bond acceptors (Lipinski definition) is 4. The maximum atomic E-state index is 12.2. The third-order valence-electron chi connectivity index (χ3n) is 4.04. The van der Waals surface area contributed by atoms with E-state index in [0.29, 0.717) is 18.4 Å². The Balaban J connectivity index is 1.71. The van der Waals surface area contributed by atoms with Gasteiger partial charge in [-0.1, -0.05) is 30.3 Å². The molecule has 1 saturated carbocycles. The first-order chi connectivity index (χ1) is 9.52. The van der Waals surface area contributed by atoms with Crippen molar-refractivity contribution in [2.75, 3.05) is 0 Å². The monoisotopic (exact) mass is 273 g/mol. The number of nitrogens with one attached hydrogen (secondary N) is 2. The highest BCUT2D eigenvalue weighted by Crippen LogP contribution is 2.41. The number of imide groups is 1. The van der Waals surface area contributed by atoms with Crippen LogP contribution in [0.5, 0.6) is 0 Å². The predicted octanol–water partition coefficient (Wildman–Crippen LogP) is -0.392. The average molecular weight is 273 g/mol. The average Bonchev–Trinajstić information content (AvgIpc) is 2.40. The largest absolute Gasteiger partial charge is 0.340 e. The van der Waals surface area contributed by atoms with Crippen LogP contribution in [0.2, 0.25) is 0 Å². The number of benzene rings is 1. The molecule has 0 aromatic heterocycles. The van der Waals surface area contributed by atoms with E-state index in [9.17, 15) is 14.4 Å². The predicted molar refractivity (Wildman–Crippen MR) is 70.1 cm³/mol. The molecule has 2 aliphatic heterocycles. The van der Waals surface area contributed by atoms with Gasteiger partial charge >= 0.3 is 0 Å². The Morgan fingerprint density at radius 2 is 1.95 bits per heavy atom. The van der Waals surface area contributed by atoms with Crippen LogP contribution in [0, 0.1) is 5.92 Å². The molecule has 3 amide bonds. The van der Waals surface area contributed by atoms with Gasteiger partial charge in [0.25, 0.3) is 5.91 Å². The van der Waals surface area contributed by atoms with Crippen LogP contribution >= 0.6 is 0 Å². The molecule has 0 spiro atoms. The first-order valence-electron chi connectivity index (χ1n) is 6.50. The molecule has 3 fully saturated rings. The van der Waals surface area contributed by atoms with Crippen LogP contribution in [0.15, 0.2) is 30.3 Å². The van der Waals surface area contributed by atoms with Crippen molar-refractivity contribution in [1.29, 1.82) is 0 Å². The normalized spacial score (nSPS) is 29.1. The molecule has 20 heavy (non-hydrogen) atoms. The minimum absolute atomic E-state index is 0.180. The summed E-state index contributed by atoms with van der Waals surface area (Å²) in [6, 6.07) is 8.13. The molecule has 4 N–H and O–H groups in total. The van der Waals surface area contributed by atoms with Crippen molar-refractivity contribution in [2.24, 2.45) is 11.7 Å². The van der Waals surface area contributed by atoms with Crippen molar-refractivity contribution in [1.82, 2.24) is 10.6 Å². The summed E-state index contributed by atoms with van der Waals surface area (Å²) >= 11 is 0. The summed E-state index contributed by atoms with van der Waals surface area (Å²) < 4.78 is 0. The highest BCUT2D eigenvalue weighted by atomic mass is 16.2. The SMILES string of the molecule is N[C@H](C(=O)NC12CC(C1)C(=O)NC2=O)c1ccccc1. The van der Waals surface area contributed by atoms with Gasteiger partial charge in [-0.25, -0.2) is 0 Å². The van der Waals surface area contributed by atoms with Crippen LogP contribution in [0.4, 0.5) is 0 Å². The summed E-state index contributed by atoms with van der Waals surface area (Å²) in [4.78, 5) is 35.4. The van der Waals surface area contributed by atoms with E-state index in [-0.39, 0.29) is 11.8 Å². The molecule has 1 atom stereocenters.